The molecule has 2 rings (SSSR count). The van der Waals surface area contributed by atoms with Crippen molar-refractivity contribution in [2.24, 2.45) is 0 Å². The van der Waals surface area contributed by atoms with Crippen LogP contribution in [-0.2, 0) is 4.74 Å². The summed E-state index contributed by atoms with van der Waals surface area (Å²) in [7, 11) is 1.66. The Morgan fingerprint density at radius 3 is 2.83 bits per heavy atom. The average molecular weight is 331 g/mol. The van der Waals surface area contributed by atoms with Crippen molar-refractivity contribution in [3.05, 3.63) is 23.7 Å². The molecule has 1 amide bonds. The number of amides is 1. The van der Waals surface area contributed by atoms with Crippen LogP contribution in [0.25, 0.3) is 11.6 Å². The number of likely N-dealkylation sites (N-methyl/N-ethyl adjacent to an activating group) is 1. The third kappa shape index (κ3) is 4.35. The van der Waals surface area contributed by atoms with E-state index in [0.717, 1.165) is 0 Å². The molecule has 0 aliphatic rings. The smallest absolute Gasteiger partial charge is 0.410 e. The number of nitrogens with one attached hydrogen (secondary N) is 1. The predicted molar refractivity (Wildman–Crippen MR) is 86.1 cm³/mol. The Hall–Kier alpha value is -2.82. The van der Waals surface area contributed by atoms with Gasteiger partial charge in [-0.15, -0.1) is 0 Å². The summed E-state index contributed by atoms with van der Waals surface area (Å²) in [4.78, 5) is 20.7. The van der Waals surface area contributed by atoms with Crippen LogP contribution in [-0.4, -0.2) is 45.3 Å². The van der Waals surface area contributed by atoms with E-state index in [0.29, 0.717) is 29.5 Å². The van der Waals surface area contributed by atoms with Crippen molar-refractivity contribution in [1.82, 2.24) is 20.0 Å². The number of H-pyrrole nitrogens is 1. The molecule has 1 N–H and O–H groups in total. The maximum atomic E-state index is 12.0. The molecule has 0 radical (unpaired) electrons. The highest BCUT2D eigenvalue weighted by atomic mass is 16.6. The van der Waals surface area contributed by atoms with Gasteiger partial charge in [-0.3, -0.25) is 0 Å². The molecular weight excluding hydrogens is 310 g/mol. The number of rotatable bonds is 4. The highest BCUT2D eigenvalue weighted by molar-refractivity contribution is 5.67. The minimum atomic E-state index is -0.542. The molecule has 0 aliphatic heterocycles. The third-order valence-electron chi connectivity index (χ3n) is 3.18. The maximum absolute atomic E-state index is 12.0. The fraction of sp³-hybridized carbons (Fsp3) is 0.500. The first-order chi connectivity index (χ1) is 11.2. The molecular formula is C16H21N5O3. The van der Waals surface area contributed by atoms with Gasteiger partial charge in [0.05, 0.1) is 5.56 Å². The fourth-order valence-electron chi connectivity index (χ4n) is 2.03. The van der Waals surface area contributed by atoms with Crippen molar-refractivity contribution in [1.29, 1.82) is 5.26 Å². The second-order valence-corrected chi connectivity index (χ2v) is 6.63. The number of nitriles is 1. The monoisotopic (exact) mass is 331 g/mol. The van der Waals surface area contributed by atoms with Gasteiger partial charge in [0.25, 0.3) is 5.89 Å². The second kappa shape index (κ2) is 6.74. The summed E-state index contributed by atoms with van der Waals surface area (Å²) in [6, 6.07) is 3.66. The molecule has 0 saturated heterocycles. The standard InChI is InChI=1S/C16H21N5O3/c1-10(9-21(5)15(22)23-16(2,3)4)13-19-14(24-20-13)12-6-11(7-17)8-18-12/h6,8,10,18H,9H2,1-5H3. The normalized spacial score (nSPS) is 12.5. The lowest BCUT2D eigenvalue weighted by molar-refractivity contribution is 0.0289. The van der Waals surface area contributed by atoms with E-state index < -0.39 is 11.7 Å². The van der Waals surface area contributed by atoms with Gasteiger partial charge >= 0.3 is 6.09 Å². The van der Waals surface area contributed by atoms with Crippen LogP contribution < -0.4 is 0 Å². The van der Waals surface area contributed by atoms with Crippen molar-refractivity contribution in [3.63, 3.8) is 0 Å². The highest BCUT2D eigenvalue weighted by Gasteiger charge is 2.23. The lowest BCUT2D eigenvalue weighted by atomic mass is 10.1. The minimum Gasteiger partial charge on any atom is -0.444 e. The molecule has 0 spiro atoms. The summed E-state index contributed by atoms with van der Waals surface area (Å²) in [5, 5.41) is 12.8. The largest absolute Gasteiger partial charge is 0.444 e. The summed E-state index contributed by atoms with van der Waals surface area (Å²) < 4.78 is 10.5. The van der Waals surface area contributed by atoms with Crippen LogP contribution in [0.15, 0.2) is 16.8 Å². The molecule has 1 atom stereocenters. The molecule has 24 heavy (non-hydrogen) atoms. The molecule has 8 nitrogen and oxygen atoms in total. The first-order valence-corrected chi connectivity index (χ1v) is 7.56. The zero-order valence-electron chi connectivity index (χ0n) is 14.5. The van der Waals surface area contributed by atoms with Crippen molar-refractivity contribution >= 4 is 6.09 Å². The van der Waals surface area contributed by atoms with Gasteiger partial charge in [-0.2, -0.15) is 10.2 Å². The number of aromatic nitrogens is 3. The number of carbonyl (C=O) groups excluding carboxylic acids is 1. The highest BCUT2D eigenvalue weighted by Crippen LogP contribution is 2.21. The van der Waals surface area contributed by atoms with E-state index in [2.05, 4.69) is 15.1 Å². The summed E-state index contributed by atoms with van der Waals surface area (Å²) in [5.74, 6) is 0.650. The SMILES string of the molecule is CC(CN(C)C(=O)OC(C)(C)C)c1noc(-c2cc(C#N)c[nH]2)n1. The molecule has 2 aromatic rings. The molecule has 8 heteroatoms. The van der Waals surface area contributed by atoms with Crippen LogP contribution >= 0.6 is 0 Å². The Morgan fingerprint density at radius 2 is 2.25 bits per heavy atom. The van der Waals surface area contributed by atoms with Gasteiger partial charge in [0.1, 0.15) is 17.4 Å². The van der Waals surface area contributed by atoms with Crippen LogP contribution in [0.2, 0.25) is 0 Å². The van der Waals surface area contributed by atoms with Gasteiger partial charge in [0.2, 0.25) is 0 Å². The van der Waals surface area contributed by atoms with Gasteiger partial charge < -0.3 is 19.1 Å². The van der Waals surface area contributed by atoms with Gasteiger partial charge in [0, 0.05) is 25.7 Å². The van der Waals surface area contributed by atoms with E-state index in [9.17, 15) is 4.79 Å². The van der Waals surface area contributed by atoms with Gasteiger partial charge in [-0.05, 0) is 26.8 Å². The molecule has 0 saturated carbocycles. The molecule has 128 valence electrons. The lowest BCUT2D eigenvalue weighted by Gasteiger charge is -2.25. The number of hydrogen-bond donors (Lipinski definition) is 1. The molecule has 0 fully saturated rings. The summed E-state index contributed by atoms with van der Waals surface area (Å²) in [6.07, 6.45) is 1.17. The Bertz CT molecular complexity index is 750. The van der Waals surface area contributed by atoms with Crippen LogP contribution in [0.4, 0.5) is 4.79 Å². The van der Waals surface area contributed by atoms with Crippen molar-refractivity contribution in [2.75, 3.05) is 13.6 Å². The fourth-order valence-corrected chi connectivity index (χ4v) is 2.03. The number of hydrogen-bond acceptors (Lipinski definition) is 6. The zero-order chi connectivity index (χ0) is 17.9. The summed E-state index contributed by atoms with van der Waals surface area (Å²) >= 11 is 0. The molecule has 0 bridgehead atoms. The molecule has 2 heterocycles. The van der Waals surface area contributed by atoms with Crippen LogP contribution in [0.1, 0.15) is 45.0 Å². The Kier molecular flexibility index (Phi) is 4.93. The Labute approximate surface area is 140 Å². The van der Waals surface area contributed by atoms with Crippen molar-refractivity contribution in [2.45, 2.75) is 39.2 Å². The summed E-state index contributed by atoms with van der Waals surface area (Å²) in [5.41, 5.74) is 0.528. The van der Waals surface area contributed by atoms with E-state index >= 15 is 0 Å². The first-order valence-electron chi connectivity index (χ1n) is 7.56. The summed E-state index contributed by atoms with van der Waals surface area (Å²) in [6.45, 7) is 7.74. The second-order valence-electron chi connectivity index (χ2n) is 6.63. The van der Waals surface area contributed by atoms with Gasteiger partial charge in [0.15, 0.2) is 5.82 Å². The van der Waals surface area contributed by atoms with Gasteiger partial charge in [-0.25, -0.2) is 4.79 Å². The maximum Gasteiger partial charge on any atom is 0.410 e. The quantitative estimate of drug-likeness (QED) is 0.922. The minimum absolute atomic E-state index is 0.134. The average Bonchev–Trinajstić information content (AvgIpc) is 3.14. The molecule has 2 aromatic heterocycles. The first kappa shape index (κ1) is 17.5. The van der Waals surface area contributed by atoms with Gasteiger partial charge in [-0.1, -0.05) is 12.1 Å². The van der Waals surface area contributed by atoms with E-state index in [1.807, 2.05) is 33.8 Å². The zero-order valence-corrected chi connectivity index (χ0v) is 14.5. The van der Waals surface area contributed by atoms with Crippen molar-refractivity contribution in [3.8, 4) is 17.7 Å². The number of aromatic amines is 1. The third-order valence-corrected chi connectivity index (χ3v) is 3.18. The lowest BCUT2D eigenvalue weighted by Crippen LogP contribution is -2.36. The Balaban J connectivity index is 2.02. The number of nitrogens with zero attached hydrogens (tertiary/aromatic N) is 4. The van der Waals surface area contributed by atoms with Crippen LogP contribution in [0.5, 0.6) is 0 Å². The number of carbonyl (C=O) groups is 1. The predicted octanol–water partition coefficient (Wildman–Crippen LogP) is 2.91. The topological polar surface area (TPSA) is 108 Å². The van der Waals surface area contributed by atoms with Crippen molar-refractivity contribution < 1.29 is 14.1 Å². The van der Waals surface area contributed by atoms with E-state index in [1.54, 1.807) is 19.3 Å². The molecule has 1 unspecified atom stereocenters. The molecule has 0 aliphatic carbocycles. The molecule has 0 aromatic carbocycles. The van der Waals surface area contributed by atoms with E-state index in [-0.39, 0.29) is 5.92 Å². The van der Waals surface area contributed by atoms with E-state index in [4.69, 9.17) is 14.5 Å². The van der Waals surface area contributed by atoms with Crippen LogP contribution in [0, 0.1) is 11.3 Å². The number of ether oxygens (including phenoxy) is 1. The van der Waals surface area contributed by atoms with Crippen LogP contribution in [0.3, 0.4) is 0 Å². The van der Waals surface area contributed by atoms with E-state index in [1.165, 1.54) is 4.90 Å². The Morgan fingerprint density at radius 1 is 1.54 bits per heavy atom.